The quantitative estimate of drug-likeness (QED) is 0.830. The molecule has 0 aliphatic rings. The van der Waals surface area contributed by atoms with Crippen LogP contribution in [0.5, 0.6) is 5.75 Å². The molecule has 0 aromatic heterocycles. The Labute approximate surface area is 91.2 Å². The Morgan fingerprint density at radius 1 is 1.43 bits per heavy atom. The number of ether oxygens (including phenoxy) is 2. The van der Waals surface area contributed by atoms with Crippen LogP contribution >= 0.6 is 15.9 Å². The van der Waals surface area contributed by atoms with Crippen LogP contribution in [0.2, 0.25) is 0 Å². The van der Waals surface area contributed by atoms with Gasteiger partial charge >= 0.3 is 0 Å². The van der Waals surface area contributed by atoms with Crippen molar-refractivity contribution in [3.05, 3.63) is 28.0 Å². The average molecular weight is 263 g/mol. The van der Waals surface area contributed by atoms with Crippen molar-refractivity contribution in [2.45, 2.75) is 13.5 Å². The van der Waals surface area contributed by atoms with Gasteiger partial charge in [-0.2, -0.15) is 0 Å². The van der Waals surface area contributed by atoms with Crippen molar-refractivity contribution in [2.24, 2.45) is 0 Å². The van der Waals surface area contributed by atoms with Gasteiger partial charge in [0.15, 0.2) is 11.6 Å². The Hall–Kier alpha value is -0.610. The van der Waals surface area contributed by atoms with Crippen LogP contribution in [0.1, 0.15) is 12.5 Å². The molecule has 78 valence electrons. The van der Waals surface area contributed by atoms with E-state index in [1.54, 1.807) is 13.2 Å². The third kappa shape index (κ3) is 2.69. The van der Waals surface area contributed by atoms with Crippen molar-refractivity contribution in [3.63, 3.8) is 0 Å². The Morgan fingerprint density at radius 3 is 2.71 bits per heavy atom. The van der Waals surface area contributed by atoms with Crippen molar-refractivity contribution < 1.29 is 13.9 Å². The van der Waals surface area contributed by atoms with E-state index in [0.29, 0.717) is 23.2 Å². The number of rotatable bonds is 4. The summed E-state index contributed by atoms with van der Waals surface area (Å²) in [5.74, 6) is -0.0918. The van der Waals surface area contributed by atoms with E-state index >= 15 is 0 Å². The summed E-state index contributed by atoms with van der Waals surface area (Å²) in [5, 5.41) is 0. The summed E-state index contributed by atoms with van der Waals surface area (Å²) < 4.78 is 24.3. The fourth-order valence-electron chi connectivity index (χ4n) is 1.18. The third-order valence-electron chi connectivity index (χ3n) is 1.67. The molecule has 0 saturated carbocycles. The summed E-state index contributed by atoms with van der Waals surface area (Å²) >= 11 is 3.22. The van der Waals surface area contributed by atoms with Crippen molar-refractivity contribution in [1.82, 2.24) is 0 Å². The van der Waals surface area contributed by atoms with E-state index in [4.69, 9.17) is 9.47 Å². The van der Waals surface area contributed by atoms with Gasteiger partial charge in [0, 0.05) is 17.1 Å². The molecule has 4 heteroatoms. The van der Waals surface area contributed by atoms with Gasteiger partial charge in [0.25, 0.3) is 0 Å². The van der Waals surface area contributed by atoms with Crippen LogP contribution in [0, 0.1) is 5.82 Å². The molecule has 0 radical (unpaired) electrons. The van der Waals surface area contributed by atoms with Gasteiger partial charge in [-0.1, -0.05) is 15.9 Å². The molecule has 0 amide bonds. The zero-order valence-electron chi connectivity index (χ0n) is 8.14. The maximum Gasteiger partial charge on any atom is 0.166 e. The van der Waals surface area contributed by atoms with E-state index < -0.39 is 0 Å². The normalized spacial score (nSPS) is 10.3. The van der Waals surface area contributed by atoms with Crippen molar-refractivity contribution >= 4 is 15.9 Å². The highest BCUT2D eigenvalue weighted by Gasteiger charge is 2.10. The van der Waals surface area contributed by atoms with Gasteiger partial charge in [-0.05, 0) is 19.1 Å². The minimum absolute atomic E-state index is 0.276. The first-order chi connectivity index (χ1) is 6.69. The second-order valence-corrected chi connectivity index (χ2v) is 3.66. The van der Waals surface area contributed by atoms with E-state index in [0.717, 1.165) is 0 Å². The van der Waals surface area contributed by atoms with Crippen LogP contribution in [0.4, 0.5) is 4.39 Å². The van der Waals surface area contributed by atoms with Crippen LogP contribution in [-0.4, -0.2) is 13.7 Å². The minimum atomic E-state index is -0.367. The maximum absolute atomic E-state index is 13.4. The lowest BCUT2D eigenvalue weighted by Gasteiger charge is -2.10. The molecule has 2 nitrogen and oxygen atoms in total. The summed E-state index contributed by atoms with van der Waals surface area (Å²) in [5.41, 5.74) is 0.709. The average Bonchev–Trinajstić information content (AvgIpc) is 2.11. The van der Waals surface area contributed by atoms with Crippen molar-refractivity contribution in [1.29, 1.82) is 0 Å². The Balaban J connectivity index is 3.07. The Bertz CT molecular complexity index is 315. The lowest BCUT2D eigenvalue weighted by Crippen LogP contribution is -2.00. The van der Waals surface area contributed by atoms with Crippen LogP contribution in [0.3, 0.4) is 0 Å². The molecule has 0 saturated heterocycles. The zero-order valence-corrected chi connectivity index (χ0v) is 9.73. The van der Waals surface area contributed by atoms with Crippen molar-refractivity contribution in [2.75, 3.05) is 13.7 Å². The molecule has 0 N–H and O–H groups in total. The molecule has 14 heavy (non-hydrogen) atoms. The smallest absolute Gasteiger partial charge is 0.166 e. The van der Waals surface area contributed by atoms with Gasteiger partial charge in [0.2, 0.25) is 0 Å². The fraction of sp³-hybridized carbons (Fsp3) is 0.400. The topological polar surface area (TPSA) is 18.5 Å². The Kier molecular flexibility index (Phi) is 4.35. The fourth-order valence-corrected chi connectivity index (χ4v) is 1.66. The maximum atomic E-state index is 13.4. The highest BCUT2D eigenvalue weighted by atomic mass is 79.9. The second kappa shape index (κ2) is 5.32. The monoisotopic (exact) mass is 262 g/mol. The van der Waals surface area contributed by atoms with Crippen LogP contribution < -0.4 is 4.74 Å². The second-order valence-electron chi connectivity index (χ2n) is 2.74. The van der Waals surface area contributed by atoms with Crippen LogP contribution in [-0.2, 0) is 11.3 Å². The lowest BCUT2D eigenvalue weighted by atomic mass is 10.2. The summed E-state index contributed by atoms with van der Waals surface area (Å²) in [6.45, 7) is 2.60. The van der Waals surface area contributed by atoms with Gasteiger partial charge in [0.1, 0.15) is 0 Å². The molecule has 0 bridgehead atoms. The first-order valence-corrected chi connectivity index (χ1v) is 5.08. The summed E-state index contributed by atoms with van der Waals surface area (Å²) in [6, 6.07) is 3.17. The predicted molar refractivity (Wildman–Crippen MR) is 56.0 cm³/mol. The number of hydrogen-bond acceptors (Lipinski definition) is 2. The molecule has 0 aliphatic heterocycles. The molecule has 0 heterocycles. The minimum Gasteiger partial charge on any atom is -0.490 e. The highest BCUT2D eigenvalue weighted by molar-refractivity contribution is 9.10. The summed E-state index contributed by atoms with van der Waals surface area (Å²) in [7, 11) is 1.56. The van der Waals surface area contributed by atoms with Gasteiger partial charge < -0.3 is 9.47 Å². The standard InChI is InChI=1S/C10H12BrFO2/c1-3-14-10-7(6-13-2)4-8(11)5-9(10)12/h4-5H,3,6H2,1-2H3. The van der Waals surface area contributed by atoms with E-state index in [1.165, 1.54) is 6.07 Å². The van der Waals surface area contributed by atoms with E-state index in [9.17, 15) is 4.39 Å². The lowest BCUT2D eigenvalue weighted by molar-refractivity contribution is 0.179. The number of methoxy groups -OCH3 is 1. The number of halogens is 2. The van der Waals surface area contributed by atoms with Gasteiger partial charge in [0.05, 0.1) is 13.2 Å². The summed E-state index contributed by atoms with van der Waals surface area (Å²) in [4.78, 5) is 0. The first kappa shape index (κ1) is 11.5. The van der Waals surface area contributed by atoms with E-state index in [2.05, 4.69) is 15.9 Å². The first-order valence-electron chi connectivity index (χ1n) is 4.28. The molecule has 1 rings (SSSR count). The SMILES string of the molecule is CCOc1c(F)cc(Br)cc1COC. The van der Waals surface area contributed by atoms with Gasteiger partial charge in [-0.3, -0.25) is 0 Å². The molecular weight excluding hydrogens is 251 g/mol. The van der Waals surface area contributed by atoms with E-state index in [-0.39, 0.29) is 11.6 Å². The predicted octanol–water partition coefficient (Wildman–Crippen LogP) is 3.13. The molecule has 0 spiro atoms. The number of hydrogen-bond donors (Lipinski definition) is 0. The van der Waals surface area contributed by atoms with E-state index in [1.807, 2.05) is 6.92 Å². The summed E-state index contributed by atoms with van der Waals surface area (Å²) in [6.07, 6.45) is 0. The van der Waals surface area contributed by atoms with Gasteiger partial charge in [-0.25, -0.2) is 4.39 Å². The van der Waals surface area contributed by atoms with Gasteiger partial charge in [-0.15, -0.1) is 0 Å². The zero-order chi connectivity index (χ0) is 10.6. The molecule has 0 atom stereocenters. The molecule has 1 aromatic rings. The largest absolute Gasteiger partial charge is 0.490 e. The molecular formula is C10H12BrFO2. The number of benzene rings is 1. The highest BCUT2D eigenvalue weighted by Crippen LogP contribution is 2.27. The Morgan fingerprint density at radius 2 is 2.14 bits per heavy atom. The van der Waals surface area contributed by atoms with Crippen LogP contribution in [0.25, 0.3) is 0 Å². The molecule has 0 aliphatic carbocycles. The van der Waals surface area contributed by atoms with Crippen molar-refractivity contribution in [3.8, 4) is 5.75 Å². The molecule has 0 unspecified atom stereocenters. The van der Waals surface area contributed by atoms with Crippen LogP contribution in [0.15, 0.2) is 16.6 Å². The third-order valence-corrected chi connectivity index (χ3v) is 2.13. The molecule has 1 aromatic carbocycles. The molecule has 0 fully saturated rings.